The zero-order valence-electron chi connectivity index (χ0n) is 14.2. The van der Waals surface area contributed by atoms with Crippen LogP contribution >= 0.6 is 23.2 Å². The van der Waals surface area contributed by atoms with Gasteiger partial charge in [-0.2, -0.15) is 0 Å². The maximum Gasteiger partial charge on any atom is 0.279 e. The molecule has 0 aliphatic heterocycles. The number of quaternary nitrogens is 1. The molecule has 0 saturated carbocycles. The van der Waals surface area contributed by atoms with Crippen molar-refractivity contribution in [1.82, 2.24) is 0 Å². The standard InChI is InChI=1S/C19H22Cl2N2O/c1-13(2)15-8-4-5-10-17(15)22-18(24)12-23(3)11-14-7-6-9-16(20)19(14)21/h4-10,13H,11-12H2,1-3H3,(H,22,24)/p+1. The molecule has 0 saturated heterocycles. The van der Waals surface area contributed by atoms with Gasteiger partial charge >= 0.3 is 0 Å². The van der Waals surface area contributed by atoms with E-state index in [9.17, 15) is 4.79 Å². The summed E-state index contributed by atoms with van der Waals surface area (Å²) < 4.78 is 0. The maximum absolute atomic E-state index is 12.3. The predicted molar refractivity (Wildman–Crippen MR) is 101 cm³/mol. The highest BCUT2D eigenvalue weighted by Crippen LogP contribution is 2.25. The van der Waals surface area contributed by atoms with Crippen LogP contribution in [0.4, 0.5) is 5.69 Å². The first-order valence-electron chi connectivity index (χ1n) is 8.01. The molecule has 0 radical (unpaired) electrons. The van der Waals surface area contributed by atoms with Crippen LogP contribution in [0.15, 0.2) is 42.5 Å². The van der Waals surface area contributed by atoms with E-state index in [-0.39, 0.29) is 5.91 Å². The molecular weight excluding hydrogens is 343 g/mol. The predicted octanol–water partition coefficient (Wildman–Crippen LogP) is 3.77. The lowest BCUT2D eigenvalue weighted by atomic mass is 10.0. The summed E-state index contributed by atoms with van der Waals surface area (Å²) in [5.74, 6) is 0.343. The van der Waals surface area contributed by atoms with Crippen molar-refractivity contribution >= 4 is 34.8 Å². The van der Waals surface area contributed by atoms with E-state index in [4.69, 9.17) is 23.2 Å². The van der Waals surface area contributed by atoms with Crippen LogP contribution in [-0.2, 0) is 11.3 Å². The molecule has 0 bridgehead atoms. The van der Waals surface area contributed by atoms with Gasteiger partial charge in [-0.05, 0) is 23.6 Å². The monoisotopic (exact) mass is 365 g/mol. The van der Waals surface area contributed by atoms with Crippen LogP contribution < -0.4 is 10.2 Å². The summed E-state index contributed by atoms with van der Waals surface area (Å²) in [6.07, 6.45) is 0. The van der Waals surface area contributed by atoms with Crippen molar-refractivity contribution < 1.29 is 9.69 Å². The Balaban J connectivity index is 1.98. The fourth-order valence-corrected chi connectivity index (χ4v) is 3.04. The van der Waals surface area contributed by atoms with Gasteiger partial charge in [-0.25, -0.2) is 0 Å². The van der Waals surface area contributed by atoms with Crippen LogP contribution in [0.2, 0.25) is 10.0 Å². The second kappa shape index (κ2) is 8.52. The quantitative estimate of drug-likeness (QED) is 0.802. The molecule has 0 fully saturated rings. The Hall–Kier alpha value is -1.55. The van der Waals surface area contributed by atoms with Gasteiger partial charge in [-0.1, -0.05) is 67.4 Å². The number of para-hydroxylation sites is 1. The number of rotatable bonds is 6. The van der Waals surface area contributed by atoms with Gasteiger partial charge in [0.05, 0.1) is 17.1 Å². The Morgan fingerprint density at radius 1 is 1.12 bits per heavy atom. The van der Waals surface area contributed by atoms with Gasteiger partial charge in [0.25, 0.3) is 5.91 Å². The molecule has 2 rings (SSSR count). The van der Waals surface area contributed by atoms with Gasteiger partial charge in [0.1, 0.15) is 6.54 Å². The minimum Gasteiger partial charge on any atom is -0.326 e. The van der Waals surface area contributed by atoms with Gasteiger partial charge in [0.2, 0.25) is 0 Å². The van der Waals surface area contributed by atoms with Crippen molar-refractivity contribution in [1.29, 1.82) is 0 Å². The van der Waals surface area contributed by atoms with Crippen molar-refractivity contribution in [2.24, 2.45) is 0 Å². The third kappa shape index (κ3) is 4.97. The normalized spacial score (nSPS) is 12.2. The maximum atomic E-state index is 12.3. The molecule has 0 aliphatic carbocycles. The average Bonchev–Trinajstić information content (AvgIpc) is 2.52. The summed E-state index contributed by atoms with van der Waals surface area (Å²) >= 11 is 12.3. The molecule has 0 heterocycles. The minimum absolute atomic E-state index is 0.0150. The lowest BCUT2D eigenvalue weighted by molar-refractivity contribution is -0.885. The number of carbonyl (C=O) groups excluding carboxylic acids is 1. The van der Waals surface area contributed by atoms with Crippen LogP contribution in [0.1, 0.15) is 30.9 Å². The zero-order valence-corrected chi connectivity index (χ0v) is 15.7. The number of nitrogens with one attached hydrogen (secondary N) is 2. The fraction of sp³-hybridized carbons (Fsp3) is 0.316. The molecule has 3 nitrogen and oxygen atoms in total. The first kappa shape index (κ1) is 18.8. The first-order valence-corrected chi connectivity index (χ1v) is 8.77. The Bertz CT molecular complexity index is 716. The summed E-state index contributed by atoms with van der Waals surface area (Å²) in [4.78, 5) is 13.4. The number of halogens is 2. The van der Waals surface area contributed by atoms with E-state index in [1.165, 1.54) is 0 Å². The van der Waals surface area contributed by atoms with E-state index in [1.807, 2.05) is 43.4 Å². The Kier molecular flexibility index (Phi) is 6.67. The summed E-state index contributed by atoms with van der Waals surface area (Å²) in [7, 11) is 1.96. The molecule has 0 aromatic heterocycles. The second-order valence-corrected chi connectivity index (χ2v) is 7.10. The molecule has 2 aromatic carbocycles. The van der Waals surface area contributed by atoms with Crippen molar-refractivity contribution in [2.75, 3.05) is 18.9 Å². The molecule has 1 atom stereocenters. The van der Waals surface area contributed by atoms with Crippen LogP contribution in [0, 0.1) is 0 Å². The number of amides is 1. The smallest absolute Gasteiger partial charge is 0.279 e. The van der Waals surface area contributed by atoms with Crippen molar-refractivity contribution in [3.63, 3.8) is 0 Å². The molecule has 0 spiro atoms. The Labute approximate surface area is 153 Å². The minimum atomic E-state index is -0.0150. The highest BCUT2D eigenvalue weighted by Gasteiger charge is 2.15. The van der Waals surface area contributed by atoms with Crippen molar-refractivity contribution in [2.45, 2.75) is 26.3 Å². The number of likely N-dealkylation sites (N-methyl/N-ethyl adjacent to an activating group) is 1. The lowest BCUT2D eigenvalue weighted by Crippen LogP contribution is -3.08. The van der Waals surface area contributed by atoms with Crippen LogP contribution in [0.25, 0.3) is 0 Å². The molecule has 1 unspecified atom stereocenters. The van der Waals surface area contributed by atoms with Gasteiger partial charge in [0.15, 0.2) is 6.54 Å². The first-order chi connectivity index (χ1) is 11.4. The second-order valence-electron chi connectivity index (χ2n) is 6.31. The number of carbonyl (C=O) groups is 1. The van der Waals surface area contributed by atoms with Crippen LogP contribution in [0.5, 0.6) is 0 Å². The Morgan fingerprint density at radius 3 is 2.54 bits per heavy atom. The third-order valence-corrected chi connectivity index (χ3v) is 4.70. The van der Waals surface area contributed by atoms with Crippen molar-refractivity contribution in [3.8, 4) is 0 Å². The molecule has 128 valence electrons. The van der Waals surface area contributed by atoms with E-state index in [0.29, 0.717) is 29.1 Å². The van der Waals surface area contributed by atoms with E-state index in [2.05, 4.69) is 19.2 Å². The summed E-state index contributed by atoms with van der Waals surface area (Å²) in [6.45, 7) is 5.22. The SMILES string of the molecule is CC(C)c1ccccc1NC(=O)C[NH+](C)Cc1cccc(Cl)c1Cl. The molecular formula is C19H23Cl2N2O+. The number of hydrogen-bond donors (Lipinski definition) is 2. The summed E-state index contributed by atoms with van der Waals surface area (Å²) in [5, 5.41) is 4.11. The molecule has 0 aliphatic rings. The highest BCUT2D eigenvalue weighted by molar-refractivity contribution is 6.42. The molecule has 5 heteroatoms. The number of anilines is 1. The molecule has 2 N–H and O–H groups in total. The average molecular weight is 366 g/mol. The van der Waals surface area contributed by atoms with E-state index < -0.39 is 0 Å². The van der Waals surface area contributed by atoms with E-state index >= 15 is 0 Å². The topological polar surface area (TPSA) is 33.5 Å². The zero-order chi connectivity index (χ0) is 17.7. The van der Waals surface area contributed by atoms with Gasteiger partial charge < -0.3 is 10.2 Å². The van der Waals surface area contributed by atoms with Crippen LogP contribution in [0.3, 0.4) is 0 Å². The molecule has 1 amide bonds. The van der Waals surface area contributed by atoms with Crippen LogP contribution in [-0.4, -0.2) is 19.5 Å². The summed E-state index contributed by atoms with van der Waals surface area (Å²) in [6, 6.07) is 13.5. The third-order valence-electron chi connectivity index (χ3n) is 3.84. The summed E-state index contributed by atoms with van der Waals surface area (Å²) in [5.41, 5.74) is 2.96. The number of benzene rings is 2. The molecule has 2 aromatic rings. The Morgan fingerprint density at radius 2 is 1.83 bits per heavy atom. The van der Waals surface area contributed by atoms with Gasteiger partial charge in [-0.3, -0.25) is 4.79 Å². The number of hydrogen-bond acceptors (Lipinski definition) is 1. The highest BCUT2D eigenvalue weighted by atomic mass is 35.5. The van der Waals surface area contributed by atoms with E-state index in [0.717, 1.165) is 21.7 Å². The van der Waals surface area contributed by atoms with Gasteiger partial charge in [-0.15, -0.1) is 0 Å². The molecule has 24 heavy (non-hydrogen) atoms. The van der Waals surface area contributed by atoms with Gasteiger partial charge in [0, 0.05) is 11.3 Å². The fourth-order valence-electron chi connectivity index (χ4n) is 2.66. The lowest BCUT2D eigenvalue weighted by Gasteiger charge is -2.17. The van der Waals surface area contributed by atoms with Crippen molar-refractivity contribution in [3.05, 3.63) is 63.6 Å². The van der Waals surface area contributed by atoms with E-state index in [1.54, 1.807) is 6.07 Å². The largest absolute Gasteiger partial charge is 0.326 e.